The van der Waals surface area contributed by atoms with Gasteiger partial charge in [0.15, 0.2) is 5.82 Å². The average molecular weight is 492 g/mol. The molecule has 186 valence electrons. The van der Waals surface area contributed by atoms with Gasteiger partial charge in [-0.25, -0.2) is 9.50 Å². The summed E-state index contributed by atoms with van der Waals surface area (Å²) in [7, 11) is 1.69. The van der Waals surface area contributed by atoms with Crippen LogP contribution in [0.4, 0.5) is 11.6 Å². The van der Waals surface area contributed by atoms with Crippen LogP contribution >= 0.6 is 0 Å². The molecule has 9 nitrogen and oxygen atoms in total. The number of aromatic nitrogens is 4. The van der Waals surface area contributed by atoms with Crippen molar-refractivity contribution in [2.45, 2.75) is 19.3 Å². The number of anilines is 2. The van der Waals surface area contributed by atoms with Gasteiger partial charge in [-0.3, -0.25) is 9.98 Å². The molecule has 0 spiro atoms. The highest BCUT2D eigenvalue weighted by molar-refractivity contribution is 6.10. The zero-order chi connectivity index (χ0) is 25.8. The summed E-state index contributed by atoms with van der Waals surface area (Å²) in [5, 5.41) is 14.1. The third kappa shape index (κ3) is 4.86. The van der Waals surface area contributed by atoms with E-state index < -0.39 is 0 Å². The van der Waals surface area contributed by atoms with E-state index in [1.165, 1.54) is 6.20 Å². The van der Waals surface area contributed by atoms with Crippen LogP contribution in [0.5, 0.6) is 0 Å². The normalized spacial score (nSPS) is 14.9. The molecular formula is C28H29N9. The summed E-state index contributed by atoms with van der Waals surface area (Å²) < 4.78 is 1.63. The summed E-state index contributed by atoms with van der Waals surface area (Å²) in [6, 6.07) is 14.3. The van der Waals surface area contributed by atoms with E-state index in [-0.39, 0.29) is 5.82 Å². The van der Waals surface area contributed by atoms with Gasteiger partial charge in [-0.05, 0) is 55.5 Å². The summed E-state index contributed by atoms with van der Waals surface area (Å²) in [5.41, 5.74) is 17.3. The maximum absolute atomic E-state index is 9.75. The van der Waals surface area contributed by atoms with Crippen LogP contribution in [0.3, 0.4) is 0 Å². The van der Waals surface area contributed by atoms with Crippen molar-refractivity contribution in [2.24, 2.45) is 16.6 Å². The highest BCUT2D eigenvalue weighted by Gasteiger charge is 2.22. The van der Waals surface area contributed by atoms with Crippen molar-refractivity contribution in [3.05, 3.63) is 78.0 Å². The van der Waals surface area contributed by atoms with Gasteiger partial charge in [0, 0.05) is 79.1 Å². The van der Waals surface area contributed by atoms with E-state index in [0.717, 1.165) is 66.1 Å². The van der Waals surface area contributed by atoms with E-state index in [0.29, 0.717) is 17.0 Å². The molecule has 0 atom stereocenters. The summed E-state index contributed by atoms with van der Waals surface area (Å²) in [4.78, 5) is 15.7. The molecule has 4 N–H and O–H groups in total. The smallest absolute Gasteiger partial charge is 0.164 e. The molecule has 0 aliphatic carbocycles. The minimum Gasteiger partial charge on any atom is -0.404 e. The first-order valence-corrected chi connectivity index (χ1v) is 12.3. The first-order chi connectivity index (χ1) is 18.1. The molecule has 0 saturated carbocycles. The molecule has 0 amide bonds. The number of nitriles is 1. The zero-order valence-corrected chi connectivity index (χ0v) is 20.7. The fourth-order valence-corrected chi connectivity index (χ4v) is 4.95. The Morgan fingerprint density at radius 2 is 2.05 bits per heavy atom. The van der Waals surface area contributed by atoms with Crippen molar-refractivity contribution >= 4 is 28.9 Å². The lowest BCUT2D eigenvalue weighted by molar-refractivity contribution is 0.399. The molecule has 1 aliphatic heterocycles. The van der Waals surface area contributed by atoms with E-state index >= 15 is 0 Å². The van der Waals surface area contributed by atoms with Crippen LogP contribution in [0.2, 0.25) is 0 Å². The maximum Gasteiger partial charge on any atom is 0.164 e. The van der Waals surface area contributed by atoms with Crippen LogP contribution in [0.1, 0.15) is 29.7 Å². The van der Waals surface area contributed by atoms with Gasteiger partial charge in [0.25, 0.3) is 0 Å². The molecule has 0 radical (unpaired) electrons. The summed E-state index contributed by atoms with van der Waals surface area (Å²) in [6.45, 7) is 1.92. The lowest BCUT2D eigenvalue weighted by Gasteiger charge is -2.32. The second kappa shape index (κ2) is 10.5. The molecule has 1 saturated heterocycles. The number of piperidine rings is 1. The quantitative estimate of drug-likeness (QED) is 0.393. The van der Waals surface area contributed by atoms with Crippen molar-refractivity contribution in [3.8, 4) is 17.2 Å². The van der Waals surface area contributed by atoms with Gasteiger partial charge in [0.1, 0.15) is 17.5 Å². The highest BCUT2D eigenvalue weighted by atomic mass is 15.2. The van der Waals surface area contributed by atoms with Crippen LogP contribution in [-0.2, 0) is 6.42 Å². The van der Waals surface area contributed by atoms with E-state index in [4.69, 9.17) is 16.5 Å². The number of hydrogen-bond donors (Lipinski definition) is 2. The van der Waals surface area contributed by atoms with Gasteiger partial charge in [-0.15, -0.1) is 5.10 Å². The average Bonchev–Trinajstić information content (AvgIpc) is 3.27. The SMILES string of the molecule is CN=CC(=CN)c1cc(-c2ccc(N3CCC(Cc4ccccn4)CC3)nc2)c2c(C#N)c(N)nn2c1. The van der Waals surface area contributed by atoms with Crippen LogP contribution < -0.4 is 16.4 Å². The van der Waals surface area contributed by atoms with Crippen molar-refractivity contribution in [1.29, 1.82) is 5.26 Å². The van der Waals surface area contributed by atoms with Gasteiger partial charge in [-0.2, -0.15) is 5.26 Å². The molecule has 0 bridgehead atoms. The summed E-state index contributed by atoms with van der Waals surface area (Å²) in [6.07, 6.45) is 11.9. The minimum absolute atomic E-state index is 0.182. The molecule has 1 aliphatic rings. The number of aliphatic imine (C=N–C) groups is 1. The Labute approximate surface area is 215 Å². The summed E-state index contributed by atoms with van der Waals surface area (Å²) in [5.74, 6) is 1.76. The Morgan fingerprint density at radius 3 is 2.70 bits per heavy atom. The number of pyridine rings is 3. The standard InChI is InChI=1S/C28H29N9/c1-32-16-22(14-29)21-13-24(27-25(15-30)28(31)35-37(27)18-21)20-5-6-26(34-17-20)36-10-7-19(8-11-36)12-23-4-2-3-9-33-23/h2-6,9,13-14,16-19H,7-8,10-12,29H2,1H3,(H2,31,35). The predicted octanol–water partition coefficient (Wildman–Crippen LogP) is 3.70. The molecule has 5 heterocycles. The number of nitrogen functional groups attached to an aromatic ring is 1. The first kappa shape index (κ1) is 24.0. The third-order valence-corrected chi connectivity index (χ3v) is 6.87. The van der Waals surface area contributed by atoms with E-state index in [1.807, 2.05) is 36.7 Å². The van der Waals surface area contributed by atoms with Gasteiger partial charge >= 0.3 is 0 Å². The molecular weight excluding hydrogens is 462 g/mol. The fourth-order valence-electron chi connectivity index (χ4n) is 4.95. The molecule has 9 heteroatoms. The molecule has 0 aromatic carbocycles. The van der Waals surface area contributed by atoms with Crippen LogP contribution in [0, 0.1) is 17.2 Å². The monoisotopic (exact) mass is 491 g/mol. The highest BCUT2D eigenvalue weighted by Crippen LogP contribution is 2.33. The lowest BCUT2D eigenvalue weighted by atomic mass is 9.92. The molecule has 4 aromatic rings. The maximum atomic E-state index is 9.75. The number of allylic oxidation sites excluding steroid dienone is 1. The van der Waals surface area contributed by atoms with Gasteiger partial charge in [0.2, 0.25) is 0 Å². The van der Waals surface area contributed by atoms with Crippen molar-refractivity contribution in [3.63, 3.8) is 0 Å². The van der Waals surface area contributed by atoms with Gasteiger partial charge in [0.05, 0.1) is 5.52 Å². The van der Waals surface area contributed by atoms with Crippen molar-refractivity contribution in [1.82, 2.24) is 19.6 Å². The van der Waals surface area contributed by atoms with E-state index in [1.54, 1.807) is 24.0 Å². The number of fused-ring (bicyclic) bond motifs is 1. The predicted molar refractivity (Wildman–Crippen MR) is 147 cm³/mol. The Hall–Kier alpha value is -4.71. The number of rotatable bonds is 6. The topological polar surface area (TPSA) is 135 Å². The Balaban J connectivity index is 1.41. The zero-order valence-electron chi connectivity index (χ0n) is 20.7. The Kier molecular flexibility index (Phi) is 6.81. The number of hydrogen-bond acceptors (Lipinski definition) is 8. The second-order valence-electron chi connectivity index (χ2n) is 9.18. The van der Waals surface area contributed by atoms with E-state index in [9.17, 15) is 5.26 Å². The lowest BCUT2D eigenvalue weighted by Crippen LogP contribution is -2.34. The minimum atomic E-state index is 0.182. The Morgan fingerprint density at radius 1 is 1.22 bits per heavy atom. The third-order valence-electron chi connectivity index (χ3n) is 6.87. The van der Waals surface area contributed by atoms with Gasteiger partial charge < -0.3 is 16.4 Å². The second-order valence-corrected chi connectivity index (χ2v) is 9.18. The van der Waals surface area contributed by atoms with Crippen LogP contribution in [0.15, 0.2) is 66.2 Å². The molecule has 1 fully saturated rings. The van der Waals surface area contributed by atoms with Gasteiger partial charge in [-0.1, -0.05) is 6.07 Å². The molecule has 37 heavy (non-hydrogen) atoms. The fraction of sp³-hybridized carbons (Fsp3) is 0.250. The van der Waals surface area contributed by atoms with Crippen LogP contribution in [0.25, 0.3) is 22.2 Å². The first-order valence-electron chi connectivity index (χ1n) is 12.3. The Bertz CT molecular complexity index is 1490. The largest absolute Gasteiger partial charge is 0.404 e. The molecule has 5 rings (SSSR count). The van der Waals surface area contributed by atoms with Crippen molar-refractivity contribution in [2.75, 3.05) is 30.8 Å². The molecule has 0 unspecified atom stereocenters. The van der Waals surface area contributed by atoms with Crippen LogP contribution in [-0.4, -0.2) is 45.9 Å². The number of nitrogens with zero attached hydrogens (tertiary/aromatic N) is 7. The summed E-state index contributed by atoms with van der Waals surface area (Å²) >= 11 is 0. The molecule has 4 aromatic heterocycles. The van der Waals surface area contributed by atoms with E-state index in [2.05, 4.69) is 38.2 Å². The van der Waals surface area contributed by atoms with Crippen molar-refractivity contribution < 1.29 is 0 Å². The number of nitrogens with two attached hydrogens (primary N) is 2.